The fourth-order valence-electron chi connectivity index (χ4n) is 2.26. The predicted octanol–water partition coefficient (Wildman–Crippen LogP) is 3.52. The first-order valence-corrected chi connectivity index (χ1v) is 9.41. The third-order valence-electron chi connectivity index (χ3n) is 3.84. The molecule has 0 rings (SSSR count). The molecule has 5 heteroatoms. The molecule has 0 aromatic carbocycles. The van der Waals surface area contributed by atoms with E-state index >= 15 is 0 Å². The Morgan fingerprint density at radius 3 is 2.04 bits per heavy atom. The smallest absolute Gasteiger partial charge is 0.303 e. The zero-order valence-electron chi connectivity index (χ0n) is 15.7. The second-order valence-corrected chi connectivity index (χ2v) is 6.30. The lowest BCUT2D eigenvalue weighted by molar-refractivity contribution is -0.137. The Morgan fingerprint density at radius 1 is 0.808 bits per heavy atom. The highest BCUT2D eigenvalue weighted by Crippen LogP contribution is 2.07. The summed E-state index contributed by atoms with van der Waals surface area (Å²) in [5.41, 5.74) is 0. The molecular weight excluding hydrogens is 332 g/mol. The van der Waals surface area contributed by atoms with Crippen LogP contribution in [0, 0.1) is 0 Å². The number of rotatable bonds is 15. The molecule has 0 aliphatic heterocycles. The molecule has 0 radical (unpaired) electrons. The molecule has 0 amide bonds. The van der Waals surface area contributed by atoms with E-state index in [0.717, 1.165) is 19.3 Å². The Balaban J connectivity index is 3.94. The van der Waals surface area contributed by atoms with Crippen molar-refractivity contribution in [3.05, 3.63) is 48.6 Å². The fourth-order valence-corrected chi connectivity index (χ4v) is 2.26. The van der Waals surface area contributed by atoms with Gasteiger partial charge in [0, 0.05) is 6.42 Å². The van der Waals surface area contributed by atoms with Crippen LogP contribution in [0.5, 0.6) is 0 Å². The summed E-state index contributed by atoms with van der Waals surface area (Å²) in [4.78, 5) is 10.4. The number of aliphatic carboxylic acids is 1. The minimum atomic E-state index is -1.01. The number of carboxylic acids is 1. The summed E-state index contributed by atoms with van der Waals surface area (Å²) in [6.45, 7) is 2.16. The van der Waals surface area contributed by atoms with Gasteiger partial charge in [-0.1, -0.05) is 81.2 Å². The Labute approximate surface area is 157 Å². The monoisotopic (exact) mass is 366 g/mol. The number of carboxylic acid groups (broad SMARTS) is 1. The number of allylic oxidation sites excluding steroid dienone is 6. The summed E-state index contributed by atoms with van der Waals surface area (Å²) in [5, 5.41) is 37.7. The lowest BCUT2D eigenvalue weighted by Gasteiger charge is -2.13. The summed E-state index contributed by atoms with van der Waals surface area (Å²) in [7, 11) is 0. The van der Waals surface area contributed by atoms with Crippen molar-refractivity contribution < 1.29 is 25.2 Å². The van der Waals surface area contributed by atoms with Crippen LogP contribution >= 0.6 is 0 Å². The van der Waals surface area contributed by atoms with Crippen molar-refractivity contribution in [1.29, 1.82) is 0 Å². The van der Waals surface area contributed by atoms with E-state index in [2.05, 4.69) is 6.92 Å². The molecular formula is C21H34O5. The van der Waals surface area contributed by atoms with E-state index < -0.39 is 24.3 Å². The molecule has 148 valence electrons. The van der Waals surface area contributed by atoms with E-state index in [9.17, 15) is 20.1 Å². The maximum atomic E-state index is 10.4. The van der Waals surface area contributed by atoms with E-state index in [1.165, 1.54) is 18.9 Å². The molecule has 4 N–H and O–H groups in total. The van der Waals surface area contributed by atoms with Crippen molar-refractivity contribution in [2.24, 2.45) is 0 Å². The molecule has 0 bridgehead atoms. The van der Waals surface area contributed by atoms with Gasteiger partial charge in [-0.2, -0.15) is 0 Å². The van der Waals surface area contributed by atoms with Crippen molar-refractivity contribution in [2.75, 3.05) is 0 Å². The van der Waals surface area contributed by atoms with Crippen LogP contribution in [0.2, 0.25) is 0 Å². The quantitative estimate of drug-likeness (QED) is 0.263. The second kappa shape index (κ2) is 16.8. The minimum Gasteiger partial charge on any atom is -0.481 e. The van der Waals surface area contributed by atoms with Gasteiger partial charge in [0.05, 0.1) is 18.3 Å². The maximum absolute atomic E-state index is 10.4. The van der Waals surface area contributed by atoms with Crippen LogP contribution in [0.15, 0.2) is 48.6 Å². The summed E-state index contributed by atoms with van der Waals surface area (Å²) in [6.07, 6.45) is 17.3. The lowest BCUT2D eigenvalue weighted by atomic mass is 10.1. The van der Waals surface area contributed by atoms with Gasteiger partial charge in [-0.25, -0.2) is 0 Å². The molecule has 5 nitrogen and oxygen atoms in total. The molecule has 0 unspecified atom stereocenters. The first kappa shape index (κ1) is 24.3. The highest BCUT2D eigenvalue weighted by atomic mass is 16.4. The Bertz CT molecular complexity index is 465. The van der Waals surface area contributed by atoms with Gasteiger partial charge in [-0.05, 0) is 19.3 Å². The first-order valence-electron chi connectivity index (χ1n) is 9.41. The number of aliphatic hydroxyl groups is 3. The van der Waals surface area contributed by atoms with Gasteiger partial charge in [-0.3, -0.25) is 4.79 Å². The van der Waals surface area contributed by atoms with Crippen LogP contribution < -0.4 is 0 Å². The zero-order valence-corrected chi connectivity index (χ0v) is 15.7. The lowest BCUT2D eigenvalue weighted by Crippen LogP contribution is -2.23. The molecule has 0 aliphatic carbocycles. The third kappa shape index (κ3) is 15.8. The van der Waals surface area contributed by atoms with Gasteiger partial charge < -0.3 is 20.4 Å². The van der Waals surface area contributed by atoms with Crippen LogP contribution in [-0.2, 0) is 4.79 Å². The summed E-state index contributed by atoms with van der Waals surface area (Å²) in [6, 6.07) is 0. The van der Waals surface area contributed by atoms with Crippen LogP contribution in [0.4, 0.5) is 0 Å². The van der Waals surface area contributed by atoms with Crippen LogP contribution in [0.1, 0.15) is 58.3 Å². The molecule has 0 fully saturated rings. The molecule has 0 aromatic heterocycles. The van der Waals surface area contributed by atoms with Gasteiger partial charge in [0.25, 0.3) is 0 Å². The van der Waals surface area contributed by atoms with Gasteiger partial charge in [0.1, 0.15) is 0 Å². The van der Waals surface area contributed by atoms with E-state index in [0.29, 0.717) is 6.42 Å². The van der Waals surface area contributed by atoms with E-state index in [1.807, 2.05) is 6.08 Å². The van der Waals surface area contributed by atoms with Gasteiger partial charge >= 0.3 is 5.97 Å². The van der Waals surface area contributed by atoms with Crippen molar-refractivity contribution in [1.82, 2.24) is 0 Å². The van der Waals surface area contributed by atoms with Gasteiger partial charge in [-0.15, -0.1) is 0 Å². The minimum absolute atomic E-state index is 0.0147. The average molecular weight is 366 g/mol. The number of hydrogen-bond acceptors (Lipinski definition) is 4. The van der Waals surface area contributed by atoms with Crippen LogP contribution in [-0.4, -0.2) is 44.7 Å². The molecule has 0 spiro atoms. The Hall–Kier alpha value is -1.69. The van der Waals surface area contributed by atoms with Gasteiger partial charge in [0.2, 0.25) is 0 Å². The summed E-state index contributed by atoms with van der Waals surface area (Å²) >= 11 is 0. The van der Waals surface area contributed by atoms with Crippen molar-refractivity contribution >= 4 is 5.97 Å². The maximum Gasteiger partial charge on any atom is 0.303 e. The van der Waals surface area contributed by atoms with E-state index in [4.69, 9.17) is 5.11 Å². The number of unbranched alkanes of at least 4 members (excludes halogenated alkanes) is 3. The van der Waals surface area contributed by atoms with E-state index in [1.54, 1.807) is 36.5 Å². The van der Waals surface area contributed by atoms with Crippen molar-refractivity contribution in [3.63, 3.8) is 0 Å². The highest BCUT2D eigenvalue weighted by Gasteiger charge is 2.12. The molecule has 0 heterocycles. The highest BCUT2D eigenvalue weighted by molar-refractivity contribution is 5.66. The summed E-state index contributed by atoms with van der Waals surface area (Å²) < 4.78 is 0. The molecule has 26 heavy (non-hydrogen) atoms. The normalized spacial score (nSPS) is 16.2. The van der Waals surface area contributed by atoms with E-state index in [-0.39, 0.29) is 12.8 Å². The zero-order chi connectivity index (χ0) is 19.6. The summed E-state index contributed by atoms with van der Waals surface area (Å²) in [5.74, 6) is -0.907. The SMILES string of the molecule is CCCCCC[C@H](O)/C=C/C=C\C=C\C=C\[C@H](O)[C@@H](O)CCCC(=O)O. The third-order valence-corrected chi connectivity index (χ3v) is 3.84. The number of carbonyl (C=O) groups is 1. The van der Waals surface area contributed by atoms with Crippen LogP contribution in [0.3, 0.4) is 0 Å². The molecule has 3 atom stereocenters. The second-order valence-electron chi connectivity index (χ2n) is 6.30. The van der Waals surface area contributed by atoms with Crippen LogP contribution in [0.25, 0.3) is 0 Å². The van der Waals surface area contributed by atoms with Crippen molar-refractivity contribution in [2.45, 2.75) is 76.6 Å². The Morgan fingerprint density at radius 2 is 1.42 bits per heavy atom. The van der Waals surface area contributed by atoms with Crippen molar-refractivity contribution in [3.8, 4) is 0 Å². The standard InChI is InChI=1S/C21H34O5/c1-2-3-4-9-13-18(22)14-10-7-5-6-8-11-15-19(23)20(24)16-12-17-21(25)26/h5-8,10-11,14-15,18-20,22-24H,2-4,9,12-13,16-17H2,1H3,(H,25,26)/b7-5-,8-6+,14-10+,15-11+/t18-,19-,20-/m0/s1. The number of hydrogen-bond donors (Lipinski definition) is 4. The predicted molar refractivity (Wildman–Crippen MR) is 105 cm³/mol. The molecule has 0 aromatic rings. The molecule has 0 saturated carbocycles. The number of aliphatic hydroxyl groups excluding tert-OH is 3. The molecule has 0 aliphatic rings. The molecule has 0 saturated heterocycles. The fraction of sp³-hybridized carbons (Fsp3) is 0.571. The topological polar surface area (TPSA) is 98.0 Å². The Kier molecular flexibility index (Phi) is 15.7. The average Bonchev–Trinajstić information content (AvgIpc) is 2.60. The largest absolute Gasteiger partial charge is 0.481 e. The first-order chi connectivity index (χ1) is 12.5. The van der Waals surface area contributed by atoms with Gasteiger partial charge in [0.15, 0.2) is 0 Å².